The molecule has 8 heteroatoms. The molecule has 0 spiro atoms. The zero-order chi connectivity index (χ0) is 17.9. The van der Waals surface area contributed by atoms with Gasteiger partial charge < -0.3 is 15.4 Å². The highest BCUT2D eigenvalue weighted by atomic mass is 127. The Labute approximate surface area is 176 Å². The van der Waals surface area contributed by atoms with Crippen LogP contribution in [0.5, 0.6) is 5.88 Å². The number of pyridine rings is 1. The van der Waals surface area contributed by atoms with Crippen molar-refractivity contribution in [1.29, 1.82) is 0 Å². The van der Waals surface area contributed by atoms with E-state index in [1.807, 2.05) is 25.3 Å². The van der Waals surface area contributed by atoms with Crippen LogP contribution in [0.1, 0.15) is 42.1 Å². The average molecular weight is 489 g/mol. The van der Waals surface area contributed by atoms with Gasteiger partial charge in [-0.2, -0.15) is 0 Å². The SMILES string of the molecule is CCCCOc1ncccc1CN=C(NCC)NCc1ncc(C)s1.I. The fourth-order valence-corrected chi connectivity index (χ4v) is 2.86. The highest BCUT2D eigenvalue weighted by Gasteiger charge is 2.06. The summed E-state index contributed by atoms with van der Waals surface area (Å²) >= 11 is 1.69. The standard InChI is InChI=1S/C18H27N5OS.HI/c1-4-6-10-24-17-15(8-7-9-20-17)12-22-18(19-5-2)23-13-16-21-11-14(3)25-16;/h7-9,11H,4-6,10,12-13H2,1-3H3,(H2,19,22,23);1H. The molecule has 0 aromatic carbocycles. The van der Waals surface area contributed by atoms with E-state index in [4.69, 9.17) is 4.74 Å². The van der Waals surface area contributed by atoms with E-state index in [0.717, 1.165) is 35.9 Å². The molecule has 0 bridgehead atoms. The highest BCUT2D eigenvalue weighted by Crippen LogP contribution is 2.16. The van der Waals surface area contributed by atoms with Crippen LogP contribution in [0.3, 0.4) is 0 Å². The Morgan fingerprint density at radius 1 is 1.27 bits per heavy atom. The maximum absolute atomic E-state index is 5.77. The normalized spacial score (nSPS) is 11.0. The number of thiazole rings is 1. The van der Waals surface area contributed by atoms with Gasteiger partial charge in [0, 0.05) is 29.4 Å². The van der Waals surface area contributed by atoms with Gasteiger partial charge in [0.05, 0.1) is 19.7 Å². The van der Waals surface area contributed by atoms with E-state index in [0.29, 0.717) is 25.6 Å². The molecule has 0 unspecified atom stereocenters. The number of aromatic nitrogens is 2. The number of ether oxygens (including phenoxy) is 1. The lowest BCUT2D eigenvalue weighted by molar-refractivity contribution is 0.294. The van der Waals surface area contributed by atoms with Gasteiger partial charge in [-0.15, -0.1) is 35.3 Å². The molecular weight excluding hydrogens is 461 g/mol. The van der Waals surface area contributed by atoms with E-state index in [1.165, 1.54) is 4.88 Å². The molecule has 0 aliphatic carbocycles. The number of rotatable bonds is 9. The minimum absolute atomic E-state index is 0. The molecule has 26 heavy (non-hydrogen) atoms. The van der Waals surface area contributed by atoms with Crippen molar-refractivity contribution in [2.75, 3.05) is 13.2 Å². The molecule has 0 aliphatic heterocycles. The molecule has 0 amide bonds. The smallest absolute Gasteiger partial charge is 0.218 e. The van der Waals surface area contributed by atoms with E-state index < -0.39 is 0 Å². The molecule has 0 saturated carbocycles. The number of aliphatic imine (C=N–C) groups is 1. The molecule has 0 radical (unpaired) electrons. The lowest BCUT2D eigenvalue weighted by Gasteiger charge is -2.11. The molecule has 2 rings (SSSR count). The molecule has 2 aromatic rings. The second kappa shape index (κ2) is 12.9. The topological polar surface area (TPSA) is 71.4 Å². The van der Waals surface area contributed by atoms with E-state index >= 15 is 0 Å². The zero-order valence-electron chi connectivity index (χ0n) is 15.6. The summed E-state index contributed by atoms with van der Waals surface area (Å²) in [4.78, 5) is 14.6. The van der Waals surface area contributed by atoms with Crippen LogP contribution in [0.15, 0.2) is 29.5 Å². The first-order valence-corrected chi connectivity index (χ1v) is 9.54. The largest absolute Gasteiger partial charge is 0.477 e. The van der Waals surface area contributed by atoms with Crippen LogP contribution in [0.4, 0.5) is 0 Å². The number of aryl methyl sites for hydroxylation is 1. The van der Waals surface area contributed by atoms with Crippen molar-refractivity contribution in [3.05, 3.63) is 40.0 Å². The molecule has 0 fully saturated rings. The molecule has 0 atom stereocenters. The average Bonchev–Trinajstić information content (AvgIpc) is 3.04. The van der Waals surface area contributed by atoms with Crippen LogP contribution in [-0.2, 0) is 13.1 Å². The van der Waals surface area contributed by atoms with Gasteiger partial charge in [-0.25, -0.2) is 15.0 Å². The Balaban J connectivity index is 0.00000338. The fourth-order valence-electron chi connectivity index (χ4n) is 2.14. The maximum Gasteiger partial charge on any atom is 0.218 e. The molecule has 0 saturated heterocycles. The summed E-state index contributed by atoms with van der Waals surface area (Å²) < 4.78 is 5.77. The fraction of sp³-hybridized carbons (Fsp3) is 0.500. The third kappa shape index (κ3) is 7.86. The van der Waals surface area contributed by atoms with E-state index in [1.54, 1.807) is 17.5 Å². The Morgan fingerprint density at radius 2 is 2.12 bits per heavy atom. The molecule has 0 aliphatic rings. The first-order valence-electron chi connectivity index (χ1n) is 8.73. The van der Waals surface area contributed by atoms with Crippen LogP contribution in [0.25, 0.3) is 0 Å². The van der Waals surface area contributed by atoms with Crippen molar-refractivity contribution in [2.24, 2.45) is 4.99 Å². The summed E-state index contributed by atoms with van der Waals surface area (Å²) in [6, 6.07) is 3.92. The zero-order valence-corrected chi connectivity index (χ0v) is 18.8. The molecule has 2 heterocycles. The first kappa shape index (κ1) is 22.6. The predicted octanol–water partition coefficient (Wildman–Crippen LogP) is 3.90. The minimum Gasteiger partial charge on any atom is -0.477 e. The van der Waals surface area contributed by atoms with Gasteiger partial charge >= 0.3 is 0 Å². The minimum atomic E-state index is 0. The second-order valence-electron chi connectivity index (χ2n) is 5.58. The van der Waals surface area contributed by atoms with E-state index in [-0.39, 0.29) is 24.0 Å². The Morgan fingerprint density at radius 3 is 2.81 bits per heavy atom. The van der Waals surface area contributed by atoms with Gasteiger partial charge in [0.25, 0.3) is 0 Å². The van der Waals surface area contributed by atoms with Crippen molar-refractivity contribution in [3.8, 4) is 5.88 Å². The number of halogens is 1. The van der Waals surface area contributed by atoms with Gasteiger partial charge in [-0.05, 0) is 26.3 Å². The number of unbranched alkanes of at least 4 members (excludes halogenated alkanes) is 1. The summed E-state index contributed by atoms with van der Waals surface area (Å²) in [6.07, 6.45) is 5.77. The summed E-state index contributed by atoms with van der Waals surface area (Å²) in [5.41, 5.74) is 0.987. The lowest BCUT2D eigenvalue weighted by atomic mass is 10.3. The quantitative estimate of drug-likeness (QED) is 0.242. The molecular formula is C18H28IN5OS. The highest BCUT2D eigenvalue weighted by molar-refractivity contribution is 14.0. The Kier molecular flexibility index (Phi) is 11.2. The molecule has 6 nitrogen and oxygen atoms in total. The number of nitrogens with one attached hydrogen (secondary N) is 2. The van der Waals surface area contributed by atoms with Crippen LogP contribution in [0.2, 0.25) is 0 Å². The van der Waals surface area contributed by atoms with Crippen molar-refractivity contribution in [3.63, 3.8) is 0 Å². The third-order valence-electron chi connectivity index (χ3n) is 3.41. The summed E-state index contributed by atoms with van der Waals surface area (Å²) in [7, 11) is 0. The number of hydrogen-bond acceptors (Lipinski definition) is 5. The number of guanidine groups is 1. The van der Waals surface area contributed by atoms with Crippen LogP contribution in [0, 0.1) is 6.92 Å². The summed E-state index contributed by atoms with van der Waals surface area (Å²) in [6.45, 7) is 8.92. The van der Waals surface area contributed by atoms with Crippen molar-refractivity contribution >= 4 is 41.3 Å². The Hall–Kier alpha value is -1.42. The molecule has 2 aromatic heterocycles. The molecule has 2 N–H and O–H groups in total. The monoisotopic (exact) mass is 489 g/mol. The van der Waals surface area contributed by atoms with Gasteiger partial charge in [-0.3, -0.25) is 0 Å². The first-order chi connectivity index (χ1) is 12.2. The van der Waals surface area contributed by atoms with Gasteiger partial charge in [-0.1, -0.05) is 19.4 Å². The van der Waals surface area contributed by atoms with Crippen molar-refractivity contribution < 1.29 is 4.74 Å². The van der Waals surface area contributed by atoms with Crippen LogP contribution >= 0.6 is 35.3 Å². The third-order valence-corrected chi connectivity index (χ3v) is 4.33. The lowest BCUT2D eigenvalue weighted by Crippen LogP contribution is -2.36. The van der Waals surface area contributed by atoms with Gasteiger partial charge in [0.1, 0.15) is 5.01 Å². The van der Waals surface area contributed by atoms with Crippen molar-refractivity contribution in [1.82, 2.24) is 20.6 Å². The van der Waals surface area contributed by atoms with E-state index in [9.17, 15) is 0 Å². The maximum atomic E-state index is 5.77. The van der Waals surface area contributed by atoms with E-state index in [2.05, 4.69) is 39.4 Å². The number of nitrogens with zero attached hydrogens (tertiary/aromatic N) is 3. The predicted molar refractivity (Wildman–Crippen MR) is 119 cm³/mol. The van der Waals surface area contributed by atoms with Crippen LogP contribution in [-0.4, -0.2) is 29.1 Å². The second-order valence-corrected chi connectivity index (χ2v) is 6.90. The number of hydrogen-bond donors (Lipinski definition) is 2. The van der Waals surface area contributed by atoms with Crippen molar-refractivity contribution in [2.45, 2.75) is 46.7 Å². The summed E-state index contributed by atoms with van der Waals surface area (Å²) in [5.74, 6) is 1.44. The van der Waals surface area contributed by atoms with Crippen LogP contribution < -0.4 is 15.4 Å². The molecule has 144 valence electrons. The van der Waals surface area contributed by atoms with Gasteiger partial charge in [0.15, 0.2) is 5.96 Å². The summed E-state index contributed by atoms with van der Waals surface area (Å²) in [5, 5.41) is 7.62. The Bertz CT molecular complexity index is 677. The van der Waals surface area contributed by atoms with Gasteiger partial charge in [0.2, 0.25) is 5.88 Å².